The van der Waals surface area contributed by atoms with Crippen molar-refractivity contribution < 1.29 is 18.3 Å². The largest absolute Gasteiger partial charge is 0.481 e. The van der Waals surface area contributed by atoms with Crippen LogP contribution in [0.4, 0.5) is 5.69 Å². The van der Waals surface area contributed by atoms with Crippen molar-refractivity contribution in [3.63, 3.8) is 0 Å². The van der Waals surface area contributed by atoms with Crippen LogP contribution in [0.3, 0.4) is 0 Å². The first-order chi connectivity index (χ1) is 8.34. The van der Waals surface area contributed by atoms with Gasteiger partial charge in [0.15, 0.2) is 9.84 Å². The predicted octanol–water partition coefficient (Wildman–Crippen LogP) is 1.39. The number of carboxylic acids is 1. The molecule has 0 aromatic heterocycles. The first-order valence-corrected chi connectivity index (χ1v) is 7.50. The van der Waals surface area contributed by atoms with Crippen LogP contribution < -0.4 is 4.90 Å². The van der Waals surface area contributed by atoms with Gasteiger partial charge in [-0.15, -0.1) is 0 Å². The Bertz CT molecular complexity index is 507. The van der Waals surface area contributed by atoms with Crippen LogP contribution in [0.2, 0.25) is 0 Å². The number of aliphatic carboxylic acids is 1. The highest BCUT2D eigenvalue weighted by molar-refractivity contribution is 7.90. The SMILES string of the molecule is CCN(CCC(=O)O)c1ccc(S(C)(=O)=O)cc1. The Morgan fingerprint density at radius 1 is 1.28 bits per heavy atom. The van der Waals surface area contributed by atoms with Crippen molar-refractivity contribution in [3.8, 4) is 0 Å². The van der Waals surface area contributed by atoms with Crippen molar-refractivity contribution in [1.82, 2.24) is 0 Å². The molecule has 1 N–H and O–H groups in total. The molecular weight excluding hydrogens is 254 g/mol. The van der Waals surface area contributed by atoms with E-state index in [-0.39, 0.29) is 11.3 Å². The Morgan fingerprint density at radius 3 is 2.22 bits per heavy atom. The molecule has 1 rings (SSSR count). The standard InChI is InChI=1S/C12H17NO4S/c1-3-13(9-8-12(14)15)10-4-6-11(7-5-10)18(2,16)17/h4-7H,3,8-9H2,1-2H3,(H,14,15). The molecule has 0 unspecified atom stereocenters. The van der Waals surface area contributed by atoms with E-state index < -0.39 is 15.8 Å². The normalized spacial score (nSPS) is 11.2. The van der Waals surface area contributed by atoms with Gasteiger partial charge < -0.3 is 10.0 Å². The van der Waals surface area contributed by atoms with Gasteiger partial charge in [0.05, 0.1) is 11.3 Å². The van der Waals surface area contributed by atoms with Gasteiger partial charge in [0.1, 0.15) is 0 Å². The summed E-state index contributed by atoms with van der Waals surface area (Å²) in [4.78, 5) is 12.7. The molecule has 1 aromatic carbocycles. The lowest BCUT2D eigenvalue weighted by Gasteiger charge is -2.22. The Kier molecular flexibility index (Phi) is 4.72. The fourth-order valence-electron chi connectivity index (χ4n) is 1.60. The van der Waals surface area contributed by atoms with E-state index in [9.17, 15) is 13.2 Å². The van der Waals surface area contributed by atoms with Crippen LogP contribution in [-0.2, 0) is 14.6 Å². The number of sulfone groups is 1. The van der Waals surface area contributed by atoms with Gasteiger partial charge in [0.25, 0.3) is 0 Å². The Morgan fingerprint density at radius 2 is 1.83 bits per heavy atom. The van der Waals surface area contributed by atoms with E-state index in [1.54, 1.807) is 12.1 Å². The summed E-state index contributed by atoms with van der Waals surface area (Å²) in [6.45, 7) is 3.00. The third-order valence-corrected chi connectivity index (χ3v) is 3.74. The van der Waals surface area contributed by atoms with Crippen molar-refractivity contribution in [2.24, 2.45) is 0 Å². The van der Waals surface area contributed by atoms with Crippen LogP contribution in [0, 0.1) is 0 Å². The second-order valence-corrected chi connectivity index (χ2v) is 6.01. The van der Waals surface area contributed by atoms with E-state index >= 15 is 0 Å². The zero-order valence-electron chi connectivity index (χ0n) is 10.5. The van der Waals surface area contributed by atoms with Crippen molar-refractivity contribution in [2.45, 2.75) is 18.2 Å². The highest BCUT2D eigenvalue weighted by Gasteiger charge is 2.10. The minimum atomic E-state index is -3.19. The topological polar surface area (TPSA) is 74.7 Å². The molecule has 6 heteroatoms. The Hall–Kier alpha value is -1.56. The summed E-state index contributed by atoms with van der Waals surface area (Å²) in [5.74, 6) is -0.846. The fraction of sp³-hybridized carbons (Fsp3) is 0.417. The van der Waals surface area contributed by atoms with E-state index in [1.807, 2.05) is 11.8 Å². The van der Waals surface area contributed by atoms with Crippen LogP contribution in [-0.4, -0.2) is 38.8 Å². The van der Waals surface area contributed by atoms with Gasteiger partial charge in [0, 0.05) is 25.0 Å². The van der Waals surface area contributed by atoms with Gasteiger partial charge in [-0.1, -0.05) is 0 Å². The summed E-state index contributed by atoms with van der Waals surface area (Å²) in [5.41, 5.74) is 0.825. The molecule has 18 heavy (non-hydrogen) atoms. The average molecular weight is 271 g/mol. The number of nitrogens with zero attached hydrogens (tertiary/aromatic N) is 1. The maximum atomic E-state index is 11.3. The predicted molar refractivity (Wildman–Crippen MR) is 69.7 cm³/mol. The number of benzene rings is 1. The monoisotopic (exact) mass is 271 g/mol. The van der Waals surface area contributed by atoms with E-state index in [4.69, 9.17) is 5.11 Å². The number of rotatable bonds is 6. The smallest absolute Gasteiger partial charge is 0.305 e. The summed E-state index contributed by atoms with van der Waals surface area (Å²) < 4.78 is 22.6. The number of anilines is 1. The number of hydrogen-bond donors (Lipinski definition) is 1. The summed E-state index contributed by atoms with van der Waals surface area (Å²) in [5, 5.41) is 8.65. The van der Waals surface area contributed by atoms with E-state index in [0.717, 1.165) is 11.9 Å². The summed E-state index contributed by atoms with van der Waals surface area (Å²) in [6, 6.07) is 6.46. The molecule has 100 valence electrons. The minimum absolute atomic E-state index is 0.0572. The molecule has 0 spiro atoms. The average Bonchev–Trinajstić information content (AvgIpc) is 2.29. The van der Waals surface area contributed by atoms with Crippen LogP contribution >= 0.6 is 0 Å². The lowest BCUT2D eigenvalue weighted by atomic mass is 10.2. The summed E-state index contributed by atoms with van der Waals surface area (Å²) in [7, 11) is -3.19. The Balaban J connectivity index is 2.85. The lowest BCUT2D eigenvalue weighted by molar-refractivity contribution is -0.136. The molecule has 0 aliphatic rings. The number of hydrogen-bond acceptors (Lipinski definition) is 4. The second kappa shape index (κ2) is 5.86. The van der Waals surface area contributed by atoms with E-state index in [1.165, 1.54) is 12.1 Å². The van der Waals surface area contributed by atoms with Crippen LogP contribution in [0.25, 0.3) is 0 Å². The van der Waals surface area contributed by atoms with Gasteiger partial charge >= 0.3 is 5.97 Å². The van der Waals surface area contributed by atoms with Crippen molar-refractivity contribution in [3.05, 3.63) is 24.3 Å². The molecule has 0 heterocycles. The van der Waals surface area contributed by atoms with Crippen molar-refractivity contribution >= 4 is 21.5 Å². The molecule has 5 nitrogen and oxygen atoms in total. The van der Waals surface area contributed by atoms with Crippen molar-refractivity contribution in [1.29, 1.82) is 0 Å². The molecule has 0 saturated carbocycles. The molecule has 0 radical (unpaired) electrons. The van der Waals surface area contributed by atoms with E-state index in [0.29, 0.717) is 13.1 Å². The zero-order chi connectivity index (χ0) is 13.8. The molecule has 0 aliphatic heterocycles. The second-order valence-electron chi connectivity index (χ2n) is 3.99. The molecule has 1 aromatic rings. The highest BCUT2D eigenvalue weighted by atomic mass is 32.2. The summed E-state index contributed by atoms with van der Waals surface area (Å²) in [6.07, 6.45) is 1.21. The quantitative estimate of drug-likeness (QED) is 0.846. The van der Waals surface area contributed by atoms with Gasteiger partial charge in [-0.2, -0.15) is 0 Å². The molecule has 0 amide bonds. The van der Waals surface area contributed by atoms with Gasteiger partial charge in [0.2, 0.25) is 0 Å². The fourth-order valence-corrected chi connectivity index (χ4v) is 2.24. The lowest BCUT2D eigenvalue weighted by Crippen LogP contribution is -2.25. The Labute approximate surface area is 107 Å². The molecule has 0 fully saturated rings. The number of carboxylic acid groups (broad SMARTS) is 1. The van der Waals surface area contributed by atoms with Gasteiger partial charge in [-0.25, -0.2) is 8.42 Å². The molecule has 0 atom stereocenters. The summed E-state index contributed by atoms with van der Waals surface area (Å²) >= 11 is 0. The minimum Gasteiger partial charge on any atom is -0.481 e. The maximum absolute atomic E-state index is 11.3. The van der Waals surface area contributed by atoms with Gasteiger partial charge in [-0.3, -0.25) is 4.79 Å². The molecule has 0 aliphatic carbocycles. The first kappa shape index (κ1) is 14.5. The molecular formula is C12H17NO4S. The maximum Gasteiger partial charge on any atom is 0.305 e. The van der Waals surface area contributed by atoms with Crippen LogP contribution in [0.15, 0.2) is 29.2 Å². The van der Waals surface area contributed by atoms with Gasteiger partial charge in [-0.05, 0) is 31.2 Å². The molecule has 0 saturated heterocycles. The third kappa shape index (κ3) is 4.03. The van der Waals surface area contributed by atoms with Crippen LogP contribution in [0.1, 0.15) is 13.3 Å². The number of carbonyl (C=O) groups is 1. The zero-order valence-corrected chi connectivity index (χ0v) is 11.3. The van der Waals surface area contributed by atoms with E-state index in [2.05, 4.69) is 0 Å². The first-order valence-electron chi connectivity index (χ1n) is 5.61. The molecule has 0 bridgehead atoms. The highest BCUT2D eigenvalue weighted by Crippen LogP contribution is 2.18. The van der Waals surface area contributed by atoms with Crippen molar-refractivity contribution in [2.75, 3.05) is 24.2 Å². The third-order valence-electron chi connectivity index (χ3n) is 2.61. The van der Waals surface area contributed by atoms with Crippen LogP contribution in [0.5, 0.6) is 0 Å².